The number of hydrogen-bond acceptors (Lipinski definition) is 6. The molecule has 2 saturated heterocycles. The first-order valence-electron chi connectivity index (χ1n) is 13.0. The number of halogens is 1. The van der Waals surface area contributed by atoms with E-state index in [1.54, 1.807) is 12.3 Å². The van der Waals surface area contributed by atoms with Gasteiger partial charge in [-0.15, -0.1) is 5.10 Å². The SMILES string of the molecule is CC(=O)Nc1ccn(C(=O)N2CCCCCCN(Cc3ccc(Cl)cc3N3CCOCC3)CCC2)n1. The lowest BCUT2D eigenvalue weighted by Gasteiger charge is -2.32. The number of nitrogens with one attached hydrogen (secondary N) is 1. The van der Waals surface area contributed by atoms with Gasteiger partial charge >= 0.3 is 6.03 Å². The molecular weight excluding hydrogens is 480 g/mol. The van der Waals surface area contributed by atoms with Gasteiger partial charge in [-0.3, -0.25) is 9.69 Å². The van der Waals surface area contributed by atoms with Crippen molar-refractivity contribution in [2.24, 2.45) is 0 Å². The molecule has 9 nitrogen and oxygen atoms in total. The summed E-state index contributed by atoms with van der Waals surface area (Å²) in [5.41, 5.74) is 2.48. The molecule has 36 heavy (non-hydrogen) atoms. The average molecular weight is 517 g/mol. The number of rotatable bonds is 4. The first-order chi connectivity index (χ1) is 17.5. The van der Waals surface area contributed by atoms with Gasteiger partial charge in [0.05, 0.1) is 13.2 Å². The van der Waals surface area contributed by atoms with E-state index in [9.17, 15) is 9.59 Å². The van der Waals surface area contributed by atoms with E-state index in [0.29, 0.717) is 18.9 Å². The van der Waals surface area contributed by atoms with Crippen LogP contribution < -0.4 is 10.2 Å². The van der Waals surface area contributed by atoms with Crippen LogP contribution in [0, 0.1) is 0 Å². The molecule has 0 saturated carbocycles. The highest BCUT2D eigenvalue weighted by Gasteiger charge is 2.20. The molecule has 0 bridgehead atoms. The Morgan fingerprint density at radius 2 is 1.69 bits per heavy atom. The molecule has 1 N–H and O–H groups in total. The summed E-state index contributed by atoms with van der Waals surface area (Å²) in [7, 11) is 0. The van der Waals surface area contributed by atoms with Crippen molar-refractivity contribution in [3.05, 3.63) is 41.0 Å². The number of nitrogens with zero attached hydrogens (tertiary/aromatic N) is 5. The van der Waals surface area contributed by atoms with Crippen molar-refractivity contribution in [1.29, 1.82) is 0 Å². The number of ether oxygens (including phenoxy) is 1. The minimum Gasteiger partial charge on any atom is -0.378 e. The number of hydrogen-bond donors (Lipinski definition) is 1. The predicted molar refractivity (Wildman–Crippen MR) is 142 cm³/mol. The summed E-state index contributed by atoms with van der Waals surface area (Å²) < 4.78 is 6.87. The fourth-order valence-electron chi connectivity index (χ4n) is 4.88. The van der Waals surface area contributed by atoms with Crippen molar-refractivity contribution in [2.45, 2.75) is 45.6 Å². The van der Waals surface area contributed by atoms with Crippen molar-refractivity contribution in [2.75, 3.05) is 62.7 Å². The number of carbonyl (C=O) groups is 2. The highest BCUT2D eigenvalue weighted by molar-refractivity contribution is 6.30. The van der Waals surface area contributed by atoms with Crippen LogP contribution in [0.4, 0.5) is 16.3 Å². The molecule has 2 amide bonds. The predicted octanol–water partition coefficient (Wildman–Crippen LogP) is 4.07. The third-order valence-electron chi connectivity index (χ3n) is 6.71. The van der Waals surface area contributed by atoms with E-state index in [4.69, 9.17) is 16.3 Å². The zero-order valence-electron chi connectivity index (χ0n) is 21.1. The highest BCUT2D eigenvalue weighted by Crippen LogP contribution is 2.27. The molecule has 4 rings (SSSR count). The summed E-state index contributed by atoms with van der Waals surface area (Å²) in [6, 6.07) is 7.70. The normalized spacial score (nSPS) is 18.5. The first kappa shape index (κ1) is 26.4. The lowest BCUT2D eigenvalue weighted by atomic mass is 10.1. The largest absolute Gasteiger partial charge is 0.378 e. The van der Waals surface area contributed by atoms with Gasteiger partial charge in [0, 0.05) is 69.2 Å². The quantitative estimate of drug-likeness (QED) is 0.659. The lowest BCUT2D eigenvalue weighted by Crippen LogP contribution is -2.38. The number of carbonyl (C=O) groups excluding carboxylic acids is 2. The van der Waals surface area contributed by atoms with Gasteiger partial charge in [0.2, 0.25) is 5.91 Å². The monoisotopic (exact) mass is 516 g/mol. The molecule has 0 atom stereocenters. The second kappa shape index (κ2) is 13.1. The fraction of sp³-hybridized carbons (Fsp3) is 0.577. The number of benzene rings is 1. The van der Waals surface area contributed by atoms with Crippen LogP contribution in [0.1, 0.15) is 44.6 Å². The third kappa shape index (κ3) is 7.44. The molecule has 0 aliphatic carbocycles. The average Bonchev–Trinajstić information content (AvgIpc) is 3.31. The number of aromatic nitrogens is 2. The molecular formula is C26H37ClN6O3. The fourth-order valence-corrected chi connectivity index (χ4v) is 5.05. The minimum atomic E-state index is -0.208. The van der Waals surface area contributed by atoms with Crippen molar-refractivity contribution in [3.63, 3.8) is 0 Å². The van der Waals surface area contributed by atoms with E-state index in [0.717, 1.165) is 83.1 Å². The van der Waals surface area contributed by atoms with Crippen LogP contribution in [-0.2, 0) is 16.1 Å². The van der Waals surface area contributed by atoms with Gasteiger partial charge < -0.3 is 19.9 Å². The summed E-state index contributed by atoms with van der Waals surface area (Å²) in [6.45, 7) is 8.84. The Kier molecular flexibility index (Phi) is 9.60. The van der Waals surface area contributed by atoms with Crippen molar-refractivity contribution >= 4 is 35.0 Å². The Balaban J connectivity index is 1.41. The smallest absolute Gasteiger partial charge is 0.344 e. The molecule has 2 aromatic rings. The van der Waals surface area contributed by atoms with Gasteiger partial charge in [-0.2, -0.15) is 4.68 Å². The van der Waals surface area contributed by atoms with E-state index in [1.807, 2.05) is 11.0 Å². The summed E-state index contributed by atoms with van der Waals surface area (Å²) in [5.74, 6) is 0.180. The molecule has 0 spiro atoms. The molecule has 1 aromatic heterocycles. The topological polar surface area (TPSA) is 82.9 Å². The first-order valence-corrected chi connectivity index (χ1v) is 13.3. The van der Waals surface area contributed by atoms with Crippen LogP contribution in [0.2, 0.25) is 5.02 Å². The molecule has 0 unspecified atom stereocenters. The number of morpholine rings is 1. The van der Waals surface area contributed by atoms with Gasteiger partial charge in [-0.25, -0.2) is 4.79 Å². The van der Waals surface area contributed by atoms with Gasteiger partial charge in [-0.05, 0) is 43.5 Å². The maximum Gasteiger partial charge on any atom is 0.344 e. The second-order valence-corrected chi connectivity index (χ2v) is 9.95. The Morgan fingerprint density at radius 1 is 0.972 bits per heavy atom. The van der Waals surface area contributed by atoms with E-state index in [2.05, 4.69) is 32.3 Å². The standard InChI is InChI=1S/C26H37ClN6O3/c1-21(34)28-25-9-14-33(29-25)26(35)32-12-5-3-2-4-10-30(11-6-13-32)20-22-7-8-23(27)19-24(22)31-15-17-36-18-16-31/h7-9,14,19H,2-6,10-13,15-18,20H2,1H3,(H,28,29,34). The van der Waals surface area contributed by atoms with E-state index in [-0.39, 0.29) is 11.9 Å². The Bertz CT molecular complexity index is 1020. The molecule has 1 aromatic carbocycles. The van der Waals surface area contributed by atoms with E-state index < -0.39 is 0 Å². The van der Waals surface area contributed by atoms with Crippen molar-refractivity contribution < 1.29 is 14.3 Å². The van der Waals surface area contributed by atoms with Gasteiger partial charge in [0.25, 0.3) is 0 Å². The van der Waals surface area contributed by atoms with Crippen LogP contribution >= 0.6 is 11.6 Å². The zero-order chi connectivity index (χ0) is 25.3. The molecule has 196 valence electrons. The van der Waals surface area contributed by atoms with E-state index >= 15 is 0 Å². The summed E-state index contributed by atoms with van der Waals surface area (Å²) in [4.78, 5) is 31.2. The summed E-state index contributed by atoms with van der Waals surface area (Å²) in [5, 5.41) is 7.61. The molecule has 2 aliphatic rings. The van der Waals surface area contributed by atoms with Crippen molar-refractivity contribution in [1.82, 2.24) is 19.6 Å². The van der Waals surface area contributed by atoms with Crippen LogP contribution in [0.3, 0.4) is 0 Å². The Morgan fingerprint density at radius 3 is 2.47 bits per heavy atom. The summed E-state index contributed by atoms with van der Waals surface area (Å²) >= 11 is 6.37. The molecule has 2 fully saturated rings. The maximum atomic E-state index is 13.1. The molecule has 0 radical (unpaired) electrons. The van der Waals surface area contributed by atoms with Gasteiger partial charge in [0.15, 0.2) is 5.82 Å². The van der Waals surface area contributed by atoms with Crippen LogP contribution in [0.15, 0.2) is 30.5 Å². The Labute approximate surface area is 218 Å². The minimum absolute atomic E-state index is 0.148. The Hall–Kier alpha value is -2.62. The summed E-state index contributed by atoms with van der Waals surface area (Å²) in [6.07, 6.45) is 6.85. The van der Waals surface area contributed by atoms with Gasteiger partial charge in [0.1, 0.15) is 0 Å². The molecule has 10 heteroatoms. The van der Waals surface area contributed by atoms with Crippen LogP contribution in [0.25, 0.3) is 0 Å². The molecule has 3 heterocycles. The van der Waals surface area contributed by atoms with Gasteiger partial charge in [-0.1, -0.05) is 30.5 Å². The second-order valence-electron chi connectivity index (χ2n) is 9.51. The zero-order valence-corrected chi connectivity index (χ0v) is 21.9. The van der Waals surface area contributed by atoms with Crippen LogP contribution in [0.5, 0.6) is 0 Å². The third-order valence-corrected chi connectivity index (χ3v) is 6.94. The molecule has 2 aliphatic heterocycles. The number of amides is 2. The number of anilines is 2. The van der Waals surface area contributed by atoms with Crippen molar-refractivity contribution in [3.8, 4) is 0 Å². The lowest BCUT2D eigenvalue weighted by molar-refractivity contribution is -0.114. The van der Waals surface area contributed by atoms with E-state index in [1.165, 1.54) is 22.9 Å². The maximum absolute atomic E-state index is 13.1. The highest BCUT2D eigenvalue weighted by atomic mass is 35.5. The van der Waals surface area contributed by atoms with Crippen LogP contribution in [-0.4, -0.2) is 84.0 Å².